The lowest BCUT2D eigenvalue weighted by Crippen LogP contribution is -2.46. The molecule has 0 saturated carbocycles. The van der Waals surface area contributed by atoms with Crippen LogP contribution in [-0.4, -0.2) is 28.9 Å². The van der Waals surface area contributed by atoms with Crippen LogP contribution in [0.25, 0.3) is 0 Å². The predicted molar refractivity (Wildman–Crippen MR) is 60.5 cm³/mol. The summed E-state index contributed by atoms with van der Waals surface area (Å²) >= 11 is 1.36. The standard InChI is InChI=1S/C10H15F2N3S/c1-7-2-3-15(6-10(7,11)12)5-8-4-14-9(13)16-8/h4,7H,2-3,5-6H2,1H3,(H2,13,14). The van der Waals surface area contributed by atoms with Gasteiger partial charge in [0, 0.05) is 23.5 Å². The van der Waals surface area contributed by atoms with Gasteiger partial charge in [-0.2, -0.15) is 0 Å². The average Bonchev–Trinajstić information content (AvgIpc) is 2.57. The number of anilines is 1. The van der Waals surface area contributed by atoms with Crippen LogP contribution in [0.3, 0.4) is 0 Å². The van der Waals surface area contributed by atoms with Gasteiger partial charge in [0.2, 0.25) is 0 Å². The summed E-state index contributed by atoms with van der Waals surface area (Å²) in [5, 5.41) is 0.493. The molecule has 0 spiro atoms. The van der Waals surface area contributed by atoms with Crippen molar-refractivity contribution in [2.24, 2.45) is 5.92 Å². The topological polar surface area (TPSA) is 42.2 Å². The molecule has 2 N–H and O–H groups in total. The number of likely N-dealkylation sites (tertiary alicyclic amines) is 1. The Morgan fingerprint density at radius 3 is 3.00 bits per heavy atom. The number of hydrogen-bond acceptors (Lipinski definition) is 4. The maximum Gasteiger partial charge on any atom is 0.263 e. The molecule has 90 valence electrons. The van der Waals surface area contributed by atoms with Crippen molar-refractivity contribution in [3.05, 3.63) is 11.1 Å². The molecule has 16 heavy (non-hydrogen) atoms. The third kappa shape index (κ3) is 2.49. The number of nitrogens with two attached hydrogens (primary N) is 1. The van der Waals surface area contributed by atoms with Gasteiger partial charge in [0.25, 0.3) is 5.92 Å². The van der Waals surface area contributed by atoms with Gasteiger partial charge in [-0.05, 0) is 13.0 Å². The van der Waals surface area contributed by atoms with Gasteiger partial charge in [0.15, 0.2) is 5.13 Å². The number of halogens is 2. The van der Waals surface area contributed by atoms with Gasteiger partial charge in [-0.1, -0.05) is 6.92 Å². The molecular formula is C10H15F2N3S. The fraction of sp³-hybridized carbons (Fsp3) is 0.700. The molecule has 1 aromatic rings. The summed E-state index contributed by atoms with van der Waals surface area (Å²) in [6.45, 7) is 2.69. The van der Waals surface area contributed by atoms with Crippen molar-refractivity contribution in [2.75, 3.05) is 18.8 Å². The van der Waals surface area contributed by atoms with E-state index >= 15 is 0 Å². The van der Waals surface area contributed by atoms with E-state index in [4.69, 9.17) is 5.73 Å². The third-order valence-electron chi connectivity index (χ3n) is 2.98. The van der Waals surface area contributed by atoms with Crippen LogP contribution in [0.5, 0.6) is 0 Å². The molecule has 1 unspecified atom stereocenters. The van der Waals surface area contributed by atoms with Crippen molar-refractivity contribution < 1.29 is 8.78 Å². The lowest BCUT2D eigenvalue weighted by molar-refractivity contribution is -0.106. The second kappa shape index (κ2) is 4.25. The summed E-state index contributed by atoms with van der Waals surface area (Å²) < 4.78 is 27.0. The van der Waals surface area contributed by atoms with Crippen molar-refractivity contribution in [1.29, 1.82) is 0 Å². The largest absolute Gasteiger partial charge is 0.375 e. The Morgan fingerprint density at radius 2 is 2.44 bits per heavy atom. The molecule has 1 aliphatic heterocycles. The molecule has 0 aromatic carbocycles. The smallest absolute Gasteiger partial charge is 0.263 e. The number of nitrogen functional groups attached to an aromatic ring is 1. The molecule has 2 rings (SSSR count). The van der Waals surface area contributed by atoms with E-state index in [0.717, 1.165) is 4.88 Å². The molecule has 1 saturated heterocycles. The zero-order chi connectivity index (χ0) is 11.8. The number of hydrogen-bond donors (Lipinski definition) is 1. The molecule has 1 fully saturated rings. The monoisotopic (exact) mass is 247 g/mol. The van der Waals surface area contributed by atoms with E-state index in [1.165, 1.54) is 11.3 Å². The Morgan fingerprint density at radius 1 is 1.69 bits per heavy atom. The van der Waals surface area contributed by atoms with Crippen LogP contribution in [0, 0.1) is 5.92 Å². The van der Waals surface area contributed by atoms with Crippen LogP contribution in [-0.2, 0) is 6.54 Å². The molecule has 6 heteroatoms. The number of nitrogens with zero attached hydrogens (tertiary/aromatic N) is 2. The van der Waals surface area contributed by atoms with Crippen molar-refractivity contribution in [3.63, 3.8) is 0 Å². The fourth-order valence-corrected chi connectivity index (χ4v) is 2.60. The van der Waals surface area contributed by atoms with E-state index in [-0.39, 0.29) is 6.54 Å². The van der Waals surface area contributed by atoms with Gasteiger partial charge in [-0.25, -0.2) is 13.8 Å². The fourth-order valence-electron chi connectivity index (χ4n) is 1.87. The molecule has 0 aliphatic carbocycles. The van der Waals surface area contributed by atoms with Crippen molar-refractivity contribution in [1.82, 2.24) is 9.88 Å². The highest BCUT2D eigenvalue weighted by atomic mass is 32.1. The Labute approximate surface area is 97.3 Å². The van der Waals surface area contributed by atoms with Gasteiger partial charge in [0.05, 0.1) is 6.54 Å². The Hall–Kier alpha value is -0.750. The van der Waals surface area contributed by atoms with Gasteiger partial charge in [0.1, 0.15) is 0 Å². The summed E-state index contributed by atoms with van der Waals surface area (Å²) in [6.07, 6.45) is 2.21. The zero-order valence-electron chi connectivity index (χ0n) is 9.12. The molecular weight excluding hydrogens is 232 g/mol. The molecule has 1 atom stereocenters. The lowest BCUT2D eigenvalue weighted by Gasteiger charge is -2.36. The maximum absolute atomic E-state index is 13.5. The summed E-state index contributed by atoms with van der Waals surface area (Å²) in [6, 6.07) is 0. The first-order valence-electron chi connectivity index (χ1n) is 5.28. The second-order valence-corrected chi connectivity index (χ2v) is 5.47. The molecule has 3 nitrogen and oxygen atoms in total. The Balaban J connectivity index is 1.97. The van der Waals surface area contributed by atoms with Crippen LogP contribution < -0.4 is 5.73 Å². The Kier molecular flexibility index (Phi) is 3.12. The highest BCUT2D eigenvalue weighted by Gasteiger charge is 2.41. The van der Waals surface area contributed by atoms with E-state index in [1.54, 1.807) is 18.0 Å². The summed E-state index contributed by atoms with van der Waals surface area (Å²) in [4.78, 5) is 6.63. The minimum absolute atomic E-state index is 0.161. The minimum atomic E-state index is -2.57. The van der Waals surface area contributed by atoms with Crippen LogP contribution >= 0.6 is 11.3 Å². The van der Waals surface area contributed by atoms with E-state index in [2.05, 4.69) is 4.98 Å². The number of rotatable bonds is 2. The van der Waals surface area contributed by atoms with Crippen LogP contribution in [0.1, 0.15) is 18.2 Å². The zero-order valence-corrected chi connectivity index (χ0v) is 9.94. The number of alkyl halides is 2. The van der Waals surface area contributed by atoms with Gasteiger partial charge >= 0.3 is 0 Å². The molecule has 2 heterocycles. The molecule has 0 radical (unpaired) electrons. The number of aromatic nitrogens is 1. The van der Waals surface area contributed by atoms with Gasteiger partial charge in [-0.15, -0.1) is 11.3 Å². The number of thiazole rings is 1. The summed E-state index contributed by atoms with van der Waals surface area (Å²) in [5.41, 5.74) is 5.50. The van der Waals surface area contributed by atoms with Gasteiger partial charge in [-0.3, -0.25) is 4.90 Å². The predicted octanol–water partition coefficient (Wildman–Crippen LogP) is 2.20. The Bertz CT molecular complexity index is 367. The van der Waals surface area contributed by atoms with Crippen LogP contribution in [0.4, 0.5) is 13.9 Å². The van der Waals surface area contributed by atoms with E-state index in [1.807, 2.05) is 0 Å². The third-order valence-corrected chi connectivity index (χ3v) is 3.80. The van der Waals surface area contributed by atoms with Crippen molar-refractivity contribution in [3.8, 4) is 0 Å². The number of piperidine rings is 1. The van der Waals surface area contributed by atoms with Crippen molar-refractivity contribution in [2.45, 2.75) is 25.8 Å². The second-order valence-electron chi connectivity index (χ2n) is 4.33. The highest BCUT2D eigenvalue weighted by molar-refractivity contribution is 7.15. The lowest BCUT2D eigenvalue weighted by atomic mass is 9.95. The van der Waals surface area contributed by atoms with Gasteiger partial charge < -0.3 is 5.73 Å². The summed E-state index contributed by atoms with van der Waals surface area (Å²) in [7, 11) is 0. The minimum Gasteiger partial charge on any atom is -0.375 e. The molecule has 0 amide bonds. The van der Waals surface area contributed by atoms with E-state index in [9.17, 15) is 8.78 Å². The molecule has 1 aliphatic rings. The first-order valence-corrected chi connectivity index (χ1v) is 6.09. The molecule has 0 bridgehead atoms. The quantitative estimate of drug-likeness (QED) is 0.871. The summed E-state index contributed by atoms with van der Waals surface area (Å²) in [5.74, 6) is -3.09. The first-order chi connectivity index (χ1) is 7.47. The average molecular weight is 247 g/mol. The normalized spacial score (nSPS) is 25.8. The highest BCUT2D eigenvalue weighted by Crippen LogP contribution is 2.33. The van der Waals surface area contributed by atoms with E-state index in [0.29, 0.717) is 24.6 Å². The first kappa shape index (κ1) is 11.7. The SMILES string of the molecule is CC1CCN(Cc2cnc(N)s2)CC1(F)F. The molecule has 1 aromatic heterocycles. The van der Waals surface area contributed by atoms with Crippen LogP contribution in [0.2, 0.25) is 0 Å². The van der Waals surface area contributed by atoms with E-state index < -0.39 is 11.8 Å². The maximum atomic E-state index is 13.5. The van der Waals surface area contributed by atoms with Crippen LogP contribution in [0.15, 0.2) is 6.20 Å². The van der Waals surface area contributed by atoms with Crippen molar-refractivity contribution >= 4 is 16.5 Å².